The Labute approximate surface area is 233 Å². The molecule has 4 rings (SSSR count). The quantitative estimate of drug-likeness (QED) is 0.159. The van der Waals surface area contributed by atoms with E-state index in [4.69, 9.17) is 21.7 Å². The molecular weight excluding hydrogens is 603 g/mol. The highest BCUT2D eigenvalue weighted by molar-refractivity contribution is 14.1. The minimum atomic E-state index is -0.198. The number of thiocarbonyl (C=S) groups is 1. The smallest absolute Gasteiger partial charge is 0.266 e. The number of nitrogens with one attached hydrogen (secondary N) is 2. The second-order valence-corrected chi connectivity index (χ2v) is 9.81. The number of fused-ring (bicyclic) bond motifs is 1. The number of amides is 2. The summed E-state index contributed by atoms with van der Waals surface area (Å²) in [7, 11) is 3.19. The summed E-state index contributed by atoms with van der Waals surface area (Å²) >= 11 is 7.19. The van der Waals surface area contributed by atoms with Gasteiger partial charge >= 0.3 is 0 Å². The van der Waals surface area contributed by atoms with Crippen LogP contribution in [0.4, 0.5) is 5.69 Å². The predicted molar refractivity (Wildman–Crippen MR) is 155 cm³/mol. The number of pyridine rings is 1. The lowest BCUT2D eigenvalue weighted by molar-refractivity contribution is -0.119. The van der Waals surface area contributed by atoms with Crippen molar-refractivity contribution in [2.45, 2.75) is 6.42 Å². The molecule has 8 nitrogen and oxygen atoms in total. The molecule has 0 unspecified atom stereocenters. The first-order chi connectivity index (χ1) is 17.8. The number of halogens is 1. The summed E-state index contributed by atoms with van der Waals surface area (Å²) in [5, 5.41) is 6.57. The summed E-state index contributed by atoms with van der Waals surface area (Å²) in [6, 6.07) is 21.8. The Kier molecular flexibility index (Phi) is 8.51. The van der Waals surface area contributed by atoms with Crippen LogP contribution in [0.2, 0.25) is 0 Å². The van der Waals surface area contributed by atoms with E-state index in [1.807, 2.05) is 53.2 Å². The van der Waals surface area contributed by atoms with Gasteiger partial charge in [0.25, 0.3) is 5.91 Å². The molecule has 0 fully saturated rings. The maximum Gasteiger partial charge on any atom is 0.266 e. The number of carbonyl (C=O) groups is 2. The van der Waals surface area contributed by atoms with Gasteiger partial charge in [0.05, 0.1) is 47.5 Å². The molecule has 10 heteroatoms. The molecule has 188 valence electrons. The van der Waals surface area contributed by atoms with Crippen LogP contribution in [0.5, 0.6) is 17.2 Å². The second kappa shape index (κ2) is 12.0. The minimum Gasteiger partial charge on any atom is -0.496 e. The van der Waals surface area contributed by atoms with E-state index in [-0.39, 0.29) is 23.3 Å². The number of nitrogens with zero attached hydrogens (tertiary/aromatic N) is 2. The summed E-state index contributed by atoms with van der Waals surface area (Å²) in [5.74, 6) is 1.16. The van der Waals surface area contributed by atoms with Crippen LogP contribution in [0.3, 0.4) is 0 Å². The van der Waals surface area contributed by atoms with Gasteiger partial charge in [0.15, 0.2) is 5.11 Å². The second-order valence-electron chi connectivity index (χ2n) is 7.95. The Balaban J connectivity index is 1.45. The molecule has 0 aliphatic carbocycles. The van der Waals surface area contributed by atoms with Crippen molar-refractivity contribution in [3.8, 4) is 17.2 Å². The zero-order chi connectivity index (χ0) is 26.4. The van der Waals surface area contributed by atoms with Crippen LogP contribution in [0.25, 0.3) is 10.9 Å². The lowest BCUT2D eigenvalue weighted by Crippen LogP contribution is -2.35. The number of carbonyl (C=O) groups excluding carboxylic acids is 2. The summed E-state index contributed by atoms with van der Waals surface area (Å²) in [5.41, 5.74) is 2.65. The van der Waals surface area contributed by atoms with Gasteiger partial charge in [-0.3, -0.25) is 17.7 Å². The molecule has 2 amide bonds. The van der Waals surface area contributed by atoms with E-state index in [1.54, 1.807) is 55.7 Å². The topological polar surface area (TPSA) is 92.8 Å². The summed E-state index contributed by atoms with van der Waals surface area (Å²) in [4.78, 5) is 29.3. The maximum atomic E-state index is 12.7. The first-order valence-corrected chi connectivity index (χ1v) is 12.5. The Morgan fingerprint density at radius 2 is 1.76 bits per heavy atom. The van der Waals surface area contributed by atoms with E-state index in [2.05, 4.69) is 15.6 Å². The van der Waals surface area contributed by atoms with Gasteiger partial charge in [0.2, 0.25) is 5.91 Å². The van der Waals surface area contributed by atoms with Crippen LogP contribution in [-0.4, -0.2) is 39.2 Å². The highest BCUT2D eigenvalue weighted by Crippen LogP contribution is 2.34. The minimum absolute atomic E-state index is 0.198. The molecule has 1 aromatic heterocycles. The first kappa shape index (κ1) is 26.3. The van der Waals surface area contributed by atoms with Gasteiger partial charge in [-0.1, -0.05) is 30.3 Å². The van der Waals surface area contributed by atoms with Gasteiger partial charge in [0, 0.05) is 30.4 Å². The van der Waals surface area contributed by atoms with E-state index < -0.39 is 0 Å². The standard InChI is InChI=1S/C27H23IN4O4S/c1-32(28)26(34)21-15-20-22(16-24(21)35-2)29-13-12-23(20)36-19-10-8-18(9-11-19)30-27(37)31-25(33)14-17-6-4-3-5-7-17/h3-13,15-16H,14H2,1-2H3,(H2,30,31,33,37). The summed E-state index contributed by atoms with van der Waals surface area (Å²) in [6.45, 7) is 0. The zero-order valence-corrected chi connectivity index (χ0v) is 23.0. The van der Waals surface area contributed by atoms with Crippen molar-refractivity contribution < 1.29 is 19.1 Å². The SMILES string of the molecule is COc1cc2nccc(Oc3ccc(NC(=S)NC(=O)Cc4ccccc4)cc3)c2cc1C(=O)N(C)I. The lowest BCUT2D eigenvalue weighted by atomic mass is 10.1. The van der Waals surface area contributed by atoms with Crippen LogP contribution < -0.4 is 20.1 Å². The molecule has 0 bridgehead atoms. The molecule has 0 atom stereocenters. The van der Waals surface area contributed by atoms with Crippen molar-refractivity contribution in [1.82, 2.24) is 13.4 Å². The molecule has 0 saturated carbocycles. The van der Waals surface area contributed by atoms with Crippen LogP contribution in [0, 0.1) is 0 Å². The Hall–Kier alpha value is -3.77. The Bertz CT molecular complexity index is 1450. The van der Waals surface area contributed by atoms with Crippen molar-refractivity contribution in [2.24, 2.45) is 0 Å². The number of anilines is 1. The fourth-order valence-electron chi connectivity index (χ4n) is 3.59. The molecule has 3 aromatic carbocycles. The largest absolute Gasteiger partial charge is 0.496 e. The average molecular weight is 626 g/mol. The fourth-order valence-corrected chi connectivity index (χ4v) is 4.08. The van der Waals surface area contributed by atoms with Gasteiger partial charge in [0.1, 0.15) is 17.2 Å². The van der Waals surface area contributed by atoms with Gasteiger partial charge in [-0.2, -0.15) is 0 Å². The molecule has 0 aliphatic heterocycles. The number of aromatic nitrogens is 1. The number of hydrogen-bond donors (Lipinski definition) is 2. The summed E-state index contributed by atoms with van der Waals surface area (Å²) < 4.78 is 13.0. The van der Waals surface area contributed by atoms with Crippen molar-refractivity contribution >= 4 is 68.6 Å². The van der Waals surface area contributed by atoms with Crippen LogP contribution >= 0.6 is 35.1 Å². The average Bonchev–Trinajstić information content (AvgIpc) is 2.89. The van der Waals surface area contributed by atoms with Gasteiger partial charge < -0.3 is 20.1 Å². The number of benzene rings is 3. The highest BCUT2D eigenvalue weighted by atomic mass is 127. The van der Waals surface area contributed by atoms with E-state index in [1.165, 1.54) is 10.2 Å². The molecule has 1 heterocycles. The zero-order valence-electron chi connectivity index (χ0n) is 20.0. The normalized spacial score (nSPS) is 10.5. The third-order valence-corrected chi connectivity index (χ3v) is 5.98. The highest BCUT2D eigenvalue weighted by Gasteiger charge is 2.18. The molecular formula is C27H23IN4O4S. The molecule has 4 aromatic rings. The number of rotatable bonds is 7. The molecule has 0 radical (unpaired) electrons. The van der Waals surface area contributed by atoms with E-state index in [0.29, 0.717) is 39.4 Å². The molecule has 2 N–H and O–H groups in total. The monoisotopic (exact) mass is 626 g/mol. The lowest BCUT2D eigenvalue weighted by Gasteiger charge is -2.15. The Morgan fingerprint density at radius 3 is 2.43 bits per heavy atom. The van der Waals surface area contributed by atoms with Crippen molar-refractivity contribution in [2.75, 3.05) is 19.5 Å². The van der Waals surface area contributed by atoms with Gasteiger partial charge in [-0.05, 0) is 54.2 Å². The predicted octanol–water partition coefficient (Wildman–Crippen LogP) is 5.51. The van der Waals surface area contributed by atoms with Crippen molar-refractivity contribution in [1.29, 1.82) is 0 Å². The van der Waals surface area contributed by atoms with E-state index >= 15 is 0 Å². The first-order valence-electron chi connectivity index (χ1n) is 11.2. The van der Waals surface area contributed by atoms with Crippen molar-refractivity contribution in [3.63, 3.8) is 0 Å². The number of ether oxygens (including phenoxy) is 2. The molecule has 0 aliphatic rings. The molecule has 0 spiro atoms. The van der Waals surface area contributed by atoms with Crippen LogP contribution in [-0.2, 0) is 11.2 Å². The third kappa shape index (κ3) is 6.71. The van der Waals surface area contributed by atoms with Gasteiger partial charge in [-0.15, -0.1) is 0 Å². The Morgan fingerprint density at radius 1 is 1.03 bits per heavy atom. The molecule has 37 heavy (non-hydrogen) atoms. The van der Waals surface area contributed by atoms with Crippen LogP contribution in [0.15, 0.2) is 79.0 Å². The number of hydrogen-bond acceptors (Lipinski definition) is 6. The fraction of sp³-hybridized carbons (Fsp3) is 0.111. The van der Waals surface area contributed by atoms with E-state index in [0.717, 1.165) is 5.56 Å². The van der Waals surface area contributed by atoms with Crippen molar-refractivity contribution in [3.05, 3.63) is 90.1 Å². The number of methoxy groups -OCH3 is 1. The summed E-state index contributed by atoms with van der Waals surface area (Å²) in [6.07, 6.45) is 1.87. The maximum absolute atomic E-state index is 12.7. The van der Waals surface area contributed by atoms with Crippen LogP contribution in [0.1, 0.15) is 15.9 Å². The van der Waals surface area contributed by atoms with Gasteiger partial charge in [-0.25, -0.2) is 0 Å². The third-order valence-electron chi connectivity index (χ3n) is 5.33. The van der Waals surface area contributed by atoms with E-state index in [9.17, 15) is 9.59 Å². The molecule has 0 saturated heterocycles.